The van der Waals surface area contributed by atoms with E-state index in [4.69, 9.17) is 9.26 Å². The average Bonchev–Trinajstić information content (AvgIpc) is 2.98. The fraction of sp³-hybridized carbons (Fsp3) is 0.467. The summed E-state index contributed by atoms with van der Waals surface area (Å²) in [6, 6.07) is 10.1. The van der Waals surface area contributed by atoms with Gasteiger partial charge in [-0.2, -0.15) is 4.98 Å². The highest BCUT2D eigenvalue weighted by atomic mass is 16.5. The zero-order valence-corrected chi connectivity index (χ0v) is 11.4. The van der Waals surface area contributed by atoms with Crippen LogP contribution in [0.2, 0.25) is 0 Å². The summed E-state index contributed by atoms with van der Waals surface area (Å²) in [5.41, 5.74) is 1.10. The quantitative estimate of drug-likeness (QED) is 0.907. The third-order valence-corrected chi connectivity index (χ3v) is 3.45. The summed E-state index contributed by atoms with van der Waals surface area (Å²) in [6.45, 7) is 2.34. The minimum absolute atomic E-state index is 0.295. The van der Waals surface area contributed by atoms with E-state index in [-0.39, 0.29) is 0 Å². The third kappa shape index (κ3) is 3.36. The highest BCUT2D eigenvalue weighted by molar-refractivity contribution is 5.42. The monoisotopic (exact) mass is 273 g/mol. The van der Waals surface area contributed by atoms with Gasteiger partial charge in [0.05, 0.1) is 6.61 Å². The van der Waals surface area contributed by atoms with Crippen molar-refractivity contribution >= 4 is 5.69 Å². The molecule has 1 unspecified atom stereocenters. The van der Waals surface area contributed by atoms with Crippen LogP contribution in [-0.2, 0) is 11.2 Å². The normalized spacial score (nSPS) is 18.9. The molecule has 1 N–H and O–H groups in total. The molecule has 1 saturated heterocycles. The molecule has 0 spiro atoms. The van der Waals surface area contributed by atoms with E-state index in [1.54, 1.807) is 0 Å². The van der Waals surface area contributed by atoms with Gasteiger partial charge in [0.2, 0.25) is 5.89 Å². The number of ether oxygens (including phenoxy) is 1. The Morgan fingerprint density at radius 2 is 2.15 bits per heavy atom. The topological polar surface area (TPSA) is 60.2 Å². The molecule has 1 aliphatic heterocycles. The summed E-state index contributed by atoms with van der Waals surface area (Å²) >= 11 is 0. The van der Waals surface area contributed by atoms with Crippen molar-refractivity contribution in [2.75, 3.05) is 25.1 Å². The number of hydrogen-bond donors (Lipinski definition) is 1. The van der Waals surface area contributed by atoms with Gasteiger partial charge in [0.15, 0.2) is 5.82 Å². The molecule has 2 aromatic rings. The first-order chi connectivity index (χ1) is 9.92. The highest BCUT2D eigenvalue weighted by Gasteiger charge is 2.21. The SMILES string of the molecule is c1ccc(NCCc2nc(C3CCCOC3)no2)cc1. The molecule has 0 bridgehead atoms. The molecule has 106 valence electrons. The molecule has 3 rings (SSSR count). The first kappa shape index (κ1) is 13.1. The predicted molar refractivity (Wildman–Crippen MR) is 75.7 cm³/mol. The fourth-order valence-corrected chi connectivity index (χ4v) is 2.35. The van der Waals surface area contributed by atoms with Gasteiger partial charge < -0.3 is 14.6 Å². The first-order valence-corrected chi connectivity index (χ1v) is 7.11. The molecule has 5 heteroatoms. The molecule has 1 aromatic heterocycles. The summed E-state index contributed by atoms with van der Waals surface area (Å²) in [7, 11) is 0. The summed E-state index contributed by atoms with van der Waals surface area (Å²) in [6.07, 6.45) is 2.89. The Morgan fingerprint density at radius 3 is 2.95 bits per heavy atom. The molecule has 0 radical (unpaired) electrons. The van der Waals surface area contributed by atoms with Gasteiger partial charge in [0, 0.05) is 31.2 Å². The molecule has 0 saturated carbocycles. The molecule has 0 amide bonds. The van der Waals surface area contributed by atoms with Crippen molar-refractivity contribution in [2.24, 2.45) is 0 Å². The minimum atomic E-state index is 0.295. The van der Waals surface area contributed by atoms with Crippen molar-refractivity contribution in [2.45, 2.75) is 25.2 Å². The highest BCUT2D eigenvalue weighted by Crippen LogP contribution is 2.22. The van der Waals surface area contributed by atoms with E-state index >= 15 is 0 Å². The molecule has 1 fully saturated rings. The maximum absolute atomic E-state index is 5.45. The van der Waals surface area contributed by atoms with Crippen molar-refractivity contribution in [3.8, 4) is 0 Å². The van der Waals surface area contributed by atoms with E-state index in [0.29, 0.717) is 18.4 Å². The van der Waals surface area contributed by atoms with Crippen LogP contribution in [0.5, 0.6) is 0 Å². The number of para-hydroxylation sites is 1. The second-order valence-electron chi connectivity index (χ2n) is 5.00. The molecule has 5 nitrogen and oxygen atoms in total. The number of rotatable bonds is 5. The van der Waals surface area contributed by atoms with Gasteiger partial charge in [-0.3, -0.25) is 0 Å². The largest absolute Gasteiger partial charge is 0.385 e. The Hall–Kier alpha value is -1.88. The second-order valence-corrected chi connectivity index (χ2v) is 5.00. The van der Waals surface area contributed by atoms with Gasteiger partial charge in [0.1, 0.15) is 0 Å². The van der Waals surface area contributed by atoms with Crippen molar-refractivity contribution in [3.05, 3.63) is 42.0 Å². The van der Waals surface area contributed by atoms with Crippen LogP contribution in [0.25, 0.3) is 0 Å². The van der Waals surface area contributed by atoms with Crippen LogP contribution in [-0.4, -0.2) is 29.9 Å². The van der Waals surface area contributed by atoms with Crippen molar-refractivity contribution in [3.63, 3.8) is 0 Å². The number of anilines is 1. The molecular weight excluding hydrogens is 254 g/mol. The van der Waals surface area contributed by atoms with Crippen LogP contribution in [0.15, 0.2) is 34.9 Å². The third-order valence-electron chi connectivity index (χ3n) is 3.45. The summed E-state index contributed by atoms with van der Waals surface area (Å²) in [5.74, 6) is 1.77. The molecule has 20 heavy (non-hydrogen) atoms. The standard InChI is InChI=1S/C15H19N3O2/c1-2-6-13(7-3-1)16-9-8-14-17-15(18-20-14)12-5-4-10-19-11-12/h1-3,6-7,12,16H,4-5,8-11H2. The van der Waals surface area contributed by atoms with Gasteiger partial charge in [0.25, 0.3) is 0 Å². The number of nitrogens with one attached hydrogen (secondary N) is 1. The fourth-order valence-electron chi connectivity index (χ4n) is 2.35. The van der Waals surface area contributed by atoms with Crippen LogP contribution < -0.4 is 5.32 Å². The zero-order chi connectivity index (χ0) is 13.6. The van der Waals surface area contributed by atoms with E-state index in [0.717, 1.165) is 43.9 Å². The van der Waals surface area contributed by atoms with E-state index in [2.05, 4.69) is 15.5 Å². The first-order valence-electron chi connectivity index (χ1n) is 7.11. The van der Waals surface area contributed by atoms with Crippen molar-refractivity contribution < 1.29 is 9.26 Å². The van der Waals surface area contributed by atoms with E-state index in [1.165, 1.54) is 0 Å². The van der Waals surface area contributed by atoms with Gasteiger partial charge >= 0.3 is 0 Å². The molecule has 1 aliphatic rings. The Balaban J connectivity index is 1.50. The lowest BCUT2D eigenvalue weighted by Crippen LogP contribution is -2.16. The summed E-state index contributed by atoms with van der Waals surface area (Å²) in [5, 5.41) is 7.40. The maximum Gasteiger partial charge on any atom is 0.228 e. The average molecular weight is 273 g/mol. The van der Waals surface area contributed by atoms with Crippen molar-refractivity contribution in [1.82, 2.24) is 10.1 Å². The van der Waals surface area contributed by atoms with Crippen LogP contribution in [0, 0.1) is 0 Å². The van der Waals surface area contributed by atoms with E-state index < -0.39 is 0 Å². The number of hydrogen-bond acceptors (Lipinski definition) is 5. The Morgan fingerprint density at radius 1 is 1.25 bits per heavy atom. The molecule has 1 atom stereocenters. The number of nitrogens with zero attached hydrogens (tertiary/aromatic N) is 2. The predicted octanol–water partition coefficient (Wildman–Crippen LogP) is 2.62. The smallest absolute Gasteiger partial charge is 0.228 e. The lowest BCUT2D eigenvalue weighted by molar-refractivity contribution is 0.0773. The van der Waals surface area contributed by atoms with Crippen LogP contribution in [0.3, 0.4) is 0 Å². The van der Waals surface area contributed by atoms with Gasteiger partial charge in [-0.25, -0.2) is 0 Å². The Bertz CT molecular complexity index is 521. The van der Waals surface area contributed by atoms with Crippen molar-refractivity contribution in [1.29, 1.82) is 0 Å². The zero-order valence-electron chi connectivity index (χ0n) is 11.4. The number of benzene rings is 1. The van der Waals surface area contributed by atoms with Crippen LogP contribution >= 0.6 is 0 Å². The maximum atomic E-state index is 5.45. The lowest BCUT2D eigenvalue weighted by Gasteiger charge is -2.18. The molecule has 1 aromatic carbocycles. The molecular formula is C15H19N3O2. The van der Waals surface area contributed by atoms with E-state index in [1.807, 2.05) is 30.3 Å². The van der Waals surface area contributed by atoms with Gasteiger partial charge in [-0.15, -0.1) is 0 Å². The Kier molecular flexibility index (Phi) is 4.28. The molecule has 2 heterocycles. The minimum Gasteiger partial charge on any atom is -0.385 e. The van der Waals surface area contributed by atoms with Crippen LogP contribution in [0.1, 0.15) is 30.5 Å². The number of aromatic nitrogens is 2. The second kappa shape index (κ2) is 6.52. The van der Waals surface area contributed by atoms with Crippen LogP contribution in [0.4, 0.5) is 5.69 Å². The van der Waals surface area contributed by atoms with Gasteiger partial charge in [-0.05, 0) is 25.0 Å². The van der Waals surface area contributed by atoms with Gasteiger partial charge in [-0.1, -0.05) is 23.4 Å². The van der Waals surface area contributed by atoms with E-state index in [9.17, 15) is 0 Å². The molecule has 0 aliphatic carbocycles. The summed E-state index contributed by atoms with van der Waals surface area (Å²) in [4.78, 5) is 4.47. The summed E-state index contributed by atoms with van der Waals surface area (Å²) < 4.78 is 10.7. The lowest BCUT2D eigenvalue weighted by atomic mass is 10.0. The Labute approximate surface area is 118 Å².